The average molecular weight is 280 g/mol. The topological polar surface area (TPSA) is 92.9 Å². The Balaban J connectivity index is 2.64. The average Bonchev–Trinajstić information content (AvgIpc) is 2.43. The maximum Gasteiger partial charge on any atom is 0.323 e. The van der Waals surface area contributed by atoms with E-state index in [0.29, 0.717) is 6.42 Å². The van der Waals surface area contributed by atoms with Crippen LogP contribution in [0.2, 0.25) is 0 Å². The van der Waals surface area contributed by atoms with Crippen molar-refractivity contribution in [1.29, 1.82) is 0 Å². The van der Waals surface area contributed by atoms with Crippen LogP contribution >= 0.6 is 0 Å². The number of aliphatic carboxylic acids is 1. The number of hydrogen-bond acceptors (Lipinski definition) is 4. The molecule has 0 saturated carbocycles. The number of hydrogen-bond donors (Lipinski definition) is 2. The van der Waals surface area contributed by atoms with Crippen molar-refractivity contribution in [2.24, 2.45) is 5.73 Å². The summed E-state index contributed by atoms with van der Waals surface area (Å²) in [5, 5.41) is 8.83. The van der Waals surface area contributed by atoms with Crippen molar-refractivity contribution in [1.82, 2.24) is 4.90 Å². The van der Waals surface area contributed by atoms with Gasteiger partial charge in [-0.25, -0.2) is 0 Å². The molecule has 1 aromatic carbocycles. The number of nitrogens with two attached hydrogens (primary N) is 1. The summed E-state index contributed by atoms with van der Waals surface area (Å²) in [5.41, 5.74) is 6.81. The third kappa shape index (κ3) is 5.38. The molecular weight excluding hydrogens is 260 g/mol. The van der Waals surface area contributed by atoms with Gasteiger partial charge in [-0.15, -0.1) is 0 Å². The zero-order valence-corrected chi connectivity index (χ0v) is 11.5. The molecule has 0 aromatic heterocycles. The van der Waals surface area contributed by atoms with Gasteiger partial charge in [-0.2, -0.15) is 0 Å². The molecule has 1 rings (SSSR count). The van der Waals surface area contributed by atoms with Crippen molar-refractivity contribution in [3.05, 3.63) is 35.9 Å². The number of amides is 1. The summed E-state index contributed by atoms with van der Waals surface area (Å²) in [6, 6.07) is 8.62. The van der Waals surface area contributed by atoms with Gasteiger partial charge >= 0.3 is 5.97 Å². The molecule has 0 unspecified atom stereocenters. The number of ether oxygens (including phenoxy) is 1. The quantitative estimate of drug-likeness (QED) is 0.705. The molecule has 1 aromatic rings. The highest BCUT2D eigenvalue weighted by atomic mass is 16.5. The number of benzene rings is 1. The second kappa shape index (κ2) is 8.29. The van der Waals surface area contributed by atoms with Crippen LogP contribution in [0.4, 0.5) is 0 Å². The van der Waals surface area contributed by atoms with Crippen molar-refractivity contribution in [2.45, 2.75) is 12.5 Å². The first-order valence-electron chi connectivity index (χ1n) is 6.33. The fraction of sp³-hybridized carbons (Fsp3) is 0.429. The molecule has 0 bridgehead atoms. The smallest absolute Gasteiger partial charge is 0.323 e. The Labute approximate surface area is 118 Å². The number of methoxy groups -OCH3 is 1. The van der Waals surface area contributed by atoms with Crippen molar-refractivity contribution in [2.75, 3.05) is 26.8 Å². The molecular formula is C14H20N2O4. The fourth-order valence-corrected chi connectivity index (χ4v) is 1.82. The van der Waals surface area contributed by atoms with Crippen LogP contribution in [0.15, 0.2) is 30.3 Å². The Hall–Kier alpha value is -1.92. The van der Waals surface area contributed by atoms with E-state index in [9.17, 15) is 9.59 Å². The molecule has 20 heavy (non-hydrogen) atoms. The lowest BCUT2D eigenvalue weighted by Gasteiger charge is -2.23. The van der Waals surface area contributed by atoms with Crippen molar-refractivity contribution in [3.63, 3.8) is 0 Å². The molecule has 0 aliphatic heterocycles. The van der Waals surface area contributed by atoms with E-state index in [1.165, 1.54) is 12.0 Å². The van der Waals surface area contributed by atoms with Gasteiger partial charge in [-0.1, -0.05) is 30.3 Å². The van der Waals surface area contributed by atoms with Gasteiger partial charge in [0.05, 0.1) is 12.6 Å². The zero-order chi connectivity index (χ0) is 15.0. The number of carboxylic acid groups (broad SMARTS) is 1. The molecule has 0 fully saturated rings. The number of nitrogens with zero attached hydrogens (tertiary/aromatic N) is 1. The third-order valence-electron chi connectivity index (χ3n) is 2.82. The lowest BCUT2D eigenvalue weighted by Crippen LogP contribution is -2.48. The van der Waals surface area contributed by atoms with Crippen molar-refractivity contribution >= 4 is 11.9 Å². The van der Waals surface area contributed by atoms with Gasteiger partial charge in [0.2, 0.25) is 5.91 Å². The minimum atomic E-state index is -1.07. The molecule has 1 amide bonds. The molecule has 110 valence electrons. The number of carbonyl (C=O) groups is 2. The van der Waals surface area contributed by atoms with E-state index < -0.39 is 12.0 Å². The monoisotopic (exact) mass is 280 g/mol. The Bertz CT molecular complexity index is 436. The lowest BCUT2D eigenvalue weighted by molar-refractivity contribution is -0.145. The minimum Gasteiger partial charge on any atom is -0.480 e. The van der Waals surface area contributed by atoms with Crippen LogP contribution in [0.3, 0.4) is 0 Å². The first-order chi connectivity index (χ1) is 9.54. The summed E-state index contributed by atoms with van der Waals surface area (Å²) in [5.74, 6) is -1.45. The standard InChI is InChI=1S/C14H20N2O4/c1-20-8-7-16(10-13(17)18)14(19)12(15)9-11-5-3-2-4-6-11/h2-6,12H,7-10,15H2,1H3,(H,17,18)/t12-/m0/s1. The maximum atomic E-state index is 12.2. The number of carboxylic acids is 1. The van der Waals surface area contributed by atoms with E-state index >= 15 is 0 Å². The van der Waals surface area contributed by atoms with E-state index in [4.69, 9.17) is 15.6 Å². The molecule has 3 N–H and O–H groups in total. The van der Waals surface area contributed by atoms with Gasteiger partial charge < -0.3 is 20.5 Å². The van der Waals surface area contributed by atoms with E-state index in [1.54, 1.807) is 0 Å². The Morgan fingerprint density at radius 2 is 2.00 bits per heavy atom. The van der Waals surface area contributed by atoms with Crippen LogP contribution in [0, 0.1) is 0 Å². The summed E-state index contributed by atoms with van der Waals surface area (Å²) in [6.07, 6.45) is 0.378. The Morgan fingerprint density at radius 3 is 2.55 bits per heavy atom. The van der Waals surface area contributed by atoms with Gasteiger partial charge in [0, 0.05) is 13.7 Å². The molecule has 0 aliphatic rings. The van der Waals surface area contributed by atoms with E-state index in [1.807, 2.05) is 30.3 Å². The highest BCUT2D eigenvalue weighted by Gasteiger charge is 2.22. The number of carbonyl (C=O) groups excluding carboxylic acids is 1. The molecule has 0 spiro atoms. The largest absolute Gasteiger partial charge is 0.480 e. The van der Waals surface area contributed by atoms with Crippen LogP contribution in [0.5, 0.6) is 0 Å². The molecule has 0 radical (unpaired) electrons. The highest BCUT2D eigenvalue weighted by molar-refractivity contribution is 5.85. The molecule has 1 atom stereocenters. The van der Waals surface area contributed by atoms with Gasteiger partial charge in [-0.3, -0.25) is 9.59 Å². The van der Waals surface area contributed by atoms with E-state index in [0.717, 1.165) is 5.56 Å². The van der Waals surface area contributed by atoms with Crippen molar-refractivity contribution in [3.8, 4) is 0 Å². The predicted molar refractivity (Wildman–Crippen MR) is 74.2 cm³/mol. The second-order valence-electron chi connectivity index (χ2n) is 4.44. The molecule has 6 heteroatoms. The zero-order valence-electron chi connectivity index (χ0n) is 11.5. The van der Waals surface area contributed by atoms with Gasteiger partial charge in [0.15, 0.2) is 0 Å². The third-order valence-corrected chi connectivity index (χ3v) is 2.82. The summed E-state index contributed by atoms with van der Waals surface area (Å²) in [6.45, 7) is 0.117. The first-order valence-corrected chi connectivity index (χ1v) is 6.33. The molecule has 0 heterocycles. The summed E-state index contributed by atoms with van der Waals surface area (Å²) in [7, 11) is 1.49. The molecule has 0 saturated heterocycles. The predicted octanol–water partition coefficient (Wildman–Crippen LogP) is 0.116. The maximum absolute atomic E-state index is 12.2. The van der Waals surface area contributed by atoms with Crippen LogP contribution in [-0.4, -0.2) is 54.7 Å². The van der Waals surface area contributed by atoms with Crippen LogP contribution in [-0.2, 0) is 20.7 Å². The molecule has 6 nitrogen and oxygen atoms in total. The van der Waals surface area contributed by atoms with E-state index in [2.05, 4.69) is 0 Å². The lowest BCUT2D eigenvalue weighted by atomic mass is 10.1. The second-order valence-corrected chi connectivity index (χ2v) is 4.44. The summed E-state index contributed by atoms with van der Waals surface area (Å²) in [4.78, 5) is 24.2. The Morgan fingerprint density at radius 1 is 1.35 bits per heavy atom. The molecule has 0 aliphatic carbocycles. The summed E-state index contributed by atoms with van der Waals surface area (Å²) >= 11 is 0. The highest BCUT2D eigenvalue weighted by Crippen LogP contribution is 2.04. The Kier molecular flexibility index (Phi) is 6.69. The minimum absolute atomic E-state index is 0.212. The van der Waals surface area contributed by atoms with Gasteiger partial charge in [0.25, 0.3) is 0 Å². The fourth-order valence-electron chi connectivity index (χ4n) is 1.82. The van der Waals surface area contributed by atoms with Crippen molar-refractivity contribution < 1.29 is 19.4 Å². The van der Waals surface area contributed by atoms with Crippen LogP contribution < -0.4 is 5.73 Å². The van der Waals surface area contributed by atoms with Crippen LogP contribution in [0.1, 0.15) is 5.56 Å². The van der Waals surface area contributed by atoms with Gasteiger partial charge in [-0.05, 0) is 12.0 Å². The van der Waals surface area contributed by atoms with Crippen LogP contribution in [0.25, 0.3) is 0 Å². The summed E-state index contributed by atoms with van der Waals surface area (Å²) < 4.78 is 4.87. The van der Waals surface area contributed by atoms with Gasteiger partial charge in [0.1, 0.15) is 6.54 Å². The normalized spacial score (nSPS) is 11.9. The van der Waals surface area contributed by atoms with E-state index in [-0.39, 0.29) is 25.6 Å². The SMILES string of the molecule is COCCN(CC(=O)O)C(=O)[C@@H](N)Cc1ccccc1. The first kappa shape index (κ1) is 16.1. The number of rotatable bonds is 8.